The van der Waals surface area contributed by atoms with Gasteiger partial charge < -0.3 is 9.13 Å². The van der Waals surface area contributed by atoms with E-state index in [1.54, 1.807) is 0 Å². The molecular formula is C44H32O2P2. The van der Waals surface area contributed by atoms with Gasteiger partial charge in [0.2, 0.25) is 0 Å². The molecule has 4 aliphatic carbocycles. The fourth-order valence-corrected chi connectivity index (χ4v) is 13.8. The summed E-state index contributed by atoms with van der Waals surface area (Å²) in [5.41, 5.74) is 5.83. The van der Waals surface area contributed by atoms with Crippen LogP contribution >= 0.6 is 14.3 Å². The Hall–Kier alpha value is -5.00. The number of allylic oxidation sites excluding steroid dienone is 9. The SMILES string of the molecule is O=P(C1=CC=C2C3=c4c(c(P(=O)(c5ccccc5)c5ccccc5)ccc4=C4C=CC=C1C24)C=CC3)(c1ccccc1)c1ccccc1. The van der Waals surface area contributed by atoms with E-state index >= 15 is 9.13 Å². The van der Waals surface area contributed by atoms with Crippen LogP contribution in [0.4, 0.5) is 0 Å². The van der Waals surface area contributed by atoms with Crippen LogP contribution in [0.15, 0.2) is 186 Å². The van der Waals surface area contributed by atoms with Crippen molar-refractivity contribution in [3.63, 3.8) is 0 Å². The minimum Gasteiger partial charge on any atom is -0.309 e. The summed E-state index contributed by atoms with van der Waals surface area (Å²) < 4.78 is 31.2. The summed E-state index contributed by atoms with van der Waals surface area (Å²) in [5, 5.41) is 7.44. The molecule has 0 aliphatic heterocycles. The third kappa shape index (κ3) is 4.20. The molecule has 0 N–H and O–H groups in total. The smallest absolute Gasteiger partial charge is 0.171 e. The molecule has 1 unspecified atom stereocenters. The highest BCUT2D eigenvalue weighted by Gasteiger charge is 2.42. The standard InChI is InChI=1S/C44H32O2P2/c45-47(31-15-5-1-6-16-31,32-17-7-2-8-18-32)41-29-27-37-36-24-14-26-40-42(30-28-38(44(36)40)35-23-13-25-39(41)43(35)37)48(46,33-19-9-3-10-20-33)34-21-11-4-12-22-34/h1-23,25-30,43H,24H2. The van der Waals surface area contributed by atoms with Crippen LogP contribution in [0.1, 0.15) is 12.0 Å². The van der Waals surface area contributed by atoms with Crippen LogP contribution in [0.5, 0.6) is 0 Å². The Kier molecular flexibility index (Phi) is 6.87. The van der Waals surface area contributed by atoms with Gasteiger partial charge in [-0.2, -0.15) is 0 Å². The molecule has 0 amide bonds. The second kappa shape index (κ2) is 11.3. The molecule has 1 atom stereocenters. The Morgan fingerprint density at radius 2 is 1.06 bits per heavy atom. The van der Waals surface area contributed by atoms with E-state index in [9.17, 15) is 0 Å². The predicted molar refractivity (Wildman–Crippen MR) is 202 cm³/mol. The van der Waals surface area contributed by atoms with Crippen molar-refractivity contribution in [1.82, 2.24) is 0 Å². The lowest BCUT2D eigenvalue weighted by molar-refractivity contribution is 0.590. The largest absolute Gasteiger partial charge is 0.309 e. The van der Waals surface area contributed by atoms with Crippen LogP contribution in [0.25, 0.3) is 17.2 Å². The van der Waals surface area contributed by atoms with E-state index < -0.39 is 14.3 Å². The third-order valence-corrected chi connectivity index (χ3v) is 16.4. The van der Waals surface area contributed by atoms with Crippen molar-refractivity contribution in [3.05, 3.63) is 202 Å². The maximum atomic E-state index is 15.6. The lowest BCUT2D eigenvalue weighted by Crippen LogP contribution is -2.44. The maximum Gasteiger partial charge on any atom is 0.171 e. The third-order valence-electron chi connectivity index (χ3n) is 10.1. The molecule has 48 heavy (non-hydrogen) atoms. The van der Waals surface area contributed by atoms with Crippen LogP contribution < -0.4 is 37.0 Å². The molecule has 4 heteroatoms. The molecule has 5 aromatic carbocycles. The molecule has 5 aromatic rings. The summed E-state index contributed by atoms with van der Waals surface area (Å²) in [6, 6.07) is 44.0. The van der Waals surface area contributed by atoms with Gasteiger partial charge in [0.25, 0.3) is 0 Å². The quantitative estimate of drug-likeness (QED) is 0.185. The zero-order valence-corrected chi connectivity index (χ0v) is 28.0. The Morgan fingerprint density at radius 1 is 0.521 bits per heavy atom. The van der Waals surface area contributed by atoms with Gasteiger partial charge in [-0.15, -0.1) is 0 Å². The van der Waals surface area contributed by atoms with Gasteiger partial charge in [0, 0.05) is 37.8 Å². The van der Waals surface area contributed by atoms with E-state index in [4.69, 9.17) is 0 Å². The molecule has 9 rings (SSSR count). The molecule has 230 valence electrons. The van der Waals surface area contributed by atoms with Crippen LogP contribution in [0.3, 0.4) is 0 Å². The minimum atomic E-state index is -3.20. The molecule has 0 saturated carbocycles. The summed E-state index contributed by atoms with van der Waals surface area (Å²) in [5.74, 6) is -0.0292. The first-order valence-corrected chi connectivity index (χ1v) is 19.8. The van der Waals surface area contributed by atoms with Gasteiger partial charge in [0.1, 0.15) is 0 Å². The fourth-order valence-electron chi connectivity index (χ4n) is 8.03. The molecule has 0 fully saturated rings. The van der Waals surface area contributed by atoms with E-state index in [1.165, 1.54) is 27.2 Å². The first-order valence-electron chi connectivity index (χ1n) is 16.4. The average Bonchev–Trinajstić information content (AvgIpc) is 3.17. The van der Waals surface area contributed by atoms with Gasteiger partial charge in [0.05, 0.1) is 0 Å². The van der Waals surface area contributed by atoms with E-state index in [0.29, 0.717) is 0 Å². The van der Waals surface area contributed by atoms with E-state index in [-0.39, 0.29) is 5.92 Å². The van der Waals surface area contributed by atoms with E-state index in [1.807, 2.05) is 121 Å². The second-order valence-corrected chi connectivity index (χ2v) is 18.1. The molecule has 0 saturated heterocycles. The first-order chi connectivity index (χ1) is 23.6. The minimum absolute atomic E-state index is 0.0292. The number of rotatable bonds is 6. The fraction of sp³-hybridized carbons (Fsp3) is 0.0455. The van der Waals surface area contributed by atoms with Gasteiger partial charge in [-0.25, -0.2) is 0 Å². The van der Waals surface area contributed by atoms with Gasteiger partial charge in [-0.05, 0) is 50.8 Å². The molecule has 2 nitrogen and oxygen atoms in total. The van der Waals surface area contributed by atoms with Crippen molar-refractivity contribution in [2.75, 3.05) is 0 Å². The summed E-state index contributed by atoms with van der Waals surface area (Å²) in [6.45, 7) is 0. The van der Waals surface area contributed by atoms with Crippen molar-refractivity contribution < 1.29 is 9.13 Å². The molecule has 0 bridgehead atoms. The highest BCUT2D eigenvalue weighted by Crippen LogP contribution is 2.60. The monoisotopic (exact) mass is 654 g/mol. The van der Waals surface area contributed by atoms with Crippen molar-refractivity contribution in [3.8, 4) is 0 Å². The Labute approximate surface area is 280 Å². The van der Waals surface area contributed by atoms with Crippen molar-refractivity contribution in [2.45, 2.75) is 6.42 Å². The number of fused-ring (bicyclic) bond motifs is 1. The van der Waals surface area contributed by atoms with Crippen LogP contribution in [-0.4, -0.2) is 0 Å². The van der Waals surface area contributed by atoms with Crippen LogP contribution in [0.2, 0.25) is 0 Å². The van der Waals surface area contributed by atoms with E-state index in [2.05, 4.69) is 54.7 Å². The highest BCUT2D eigenvalue weighted by molar-refractivity contribution is 7.85. The summed E-state index contributed by atoms with van der Waals surface area (Å²) >= 11 is 0. The van der Waals surface area contributed by atoms with Gasteiger partial charge in [-0.1, -0.05) is 170 Å². The topological polar surface area (TPSA) is 34.1 Å². The lowest BCUT2D eigenvalue weighted by atomic mass is 9.70. The molecular weight excluding hydrogens is 622 g/mol. The average molecular weight is 655 g/mol. The molecule has 0 aromatic heterocycles. The number of hydrogen-bond acceptors (Lipinski definition) is 2. The summed E-state index contributed by atoms with van der Waals surface area (Å²) in [6.07, 6.45) is 16.0. The highest BCUT2D eigenvalue weighted by atomic mass is 31.2. The van der Waals surface area contributed by atoms with Gasteiger partial charge in [-0.3, -0.25) is 0 Å². The Morgan fingerprint density at radius 3 is 1.62 bits per heavy atom. The maximum absolute atomic E-state index is 15.6. The van der Waals surface area contributed by atoms with Crippen molar-refractivity contribution in [1.29, 1.82) is 0 Å². The summed E-state index contributed by atoms with van der Waals surface area (Å²) in [7, 11) is -6.40. The molecule has 0 spiro atoms. The zero-order chi connectivity index (χ0) is 32.3. The second-order valence-electron chi connectivity index (χ2n) is 12.6. The van der Waals surface area contributed by atoms with Gasteiger partial charge >= 0.3 is 0 Å². The van der Waals surface area contributed by atoms with Crippen LogP contribution in [0, 0.1) is 5.92 Å². The molecule has 4 aliphatic rings. The first kappa shape index (κ1) is 29.2. The lowest BCUT2D eigenvalue weighted by Gasteiger charge is -2.38. The normalized spacial score (nSPS) is 17.6. The van der Waals surface area contributed by atoms with Gasteiger partial charge in [0.15, 0.2) is 14.3 Å². The van der Waals surface area contributed by atoms with Crippen molar-refractivity contribution in [2.24, 2.45) is 5.92 Å². The molecule has 0 radical (unpaired) electrons. The zero-order valence-electron chi connectivity index (χ0n) is 26.2. The van der Waals surface area contributed by atoms with Crippen LogP contribution in [-0.2, 0) is 9.13 Å². The number of benzene rings is 5. The van der Waals surface area contributed by atoms with Crippen molar-refractivity contribution >= 4 is 58.0 Å². The number of hydrogen-bond donors (Lipinski definition) is 0. The van der Waals surface area contributed by atoms with E-state index in [0.717, 1.165) is 49.4 Å². The summed E-state index contributed by atoms with van der Waals surface area (Å²) in [4.78, 5) is 0. The predicted octanol–water partition coefficient (Wildman–Crippen LogP) is 7.01. The Bertz CT molecular complexity index is 2420. The Balaban J connectivity index is 1.32. The molecule has 0 heterocycles.